The maximum Gasteiger partial charge on any atom is 0.321 e. The van der Waals surface area contributed by atoms with Gasteiger partial charge < -0.3 is 5.32 Å². The first-order valence-corrected chi connectivity index (χ1v) is 10.8. The molecule has 2 aliphatic heterocycles. The van der Waals surface area contributed by atoms with Crippen molar-refractivity contribution in [3.8, 4) is 0 Å². The second-order valence-corrected chi connectivity index (χ2v) is 8.71. The molecule has 0 bridgehead atoms. The normalized spacial score (nSPS) is 22.4. The molecule has 26 heavy (non-hydrogen) atoms. The first-order chi connectivity index (χ1) is 12.4. The molecule has 3 amide bonds. The van der Waals surface area contributed by atoms with Gasteiger partial charge in [0.15, 0.2) is 0 Å². The van der Waals surface area contributed by atoms with Crippen LogP contribution in [0.5, 0.6) is 0 Å². The zero-order valence-corrected chi connectivity index (χ0v) is 16.6. The number of hydrogen-bond donors (Lipinski definition) is 2. The Kier molecular flexibility index (Phi) is 7.81. The number of nitrogens with one attached hydrogen (secondary N) is 2. The Labute approximate surface area is 156 Å². The van der Waals surface area contributed by atoms with E-state index in [9.17, 15) is 18.0 Å². The van der Waals surface area contributed by atoms with Crippen LogP contribution in [0.25, 0.3) is 0 Å². The third-order valence-corrected chi connectivity index (χ3v) is 7.03. The van der Waals surface area contributed by atoms with Crippen LogP contribution >= 0.6 is 0 Å². The lowest BCUT2D eigenvalue weighted by atomic mass is 10.2. The van der Waals surface area contributed by atoms with Gasteiger partial charge in [0.25, 0.3) is 10.2 Å². The zero-order chi connectivity index (χ0) is 19.2. The molecule has 2 N–H and O–H groups in total. The van der Waals surface area contributed by atoms with Crippen LogP contribution in [0.2, 0.25) is 0 Å². The molecule has 2 saturated heterocycles. The SMILES string of the molecule is CCNC(=O)NC(=O)C(C)N1CCN(S(=O)(=O)N2CCCCCC2)CC1. The van der Waals surface area contributed by atoms with Crippen LogP contribution in [0.15, 0.2) is 0 Å². The van der Waals surface area contributed by atoms with E-state index in [0.717, 1.165) is 25.7 Å². The summed E-state index contributed by atoms with van der Waals surface area (Å²) in [6.07, 6.45) is 3.99. The first-order valence-electron chi connectivity index (χ1n) is 9.44. The number of piperazine rings is 1. The molecule has 0 radical (unpaired) electrons. The predicted molar refractivity (Wildman–Crippen MR) is 98.8 cm³/mol. The Morgan fingerprint density at radius 3 is 2.00 bits per heavy atom. The summed E-state index contributed by atoms with van der Waals surface area (Å²) in [5, 5.41) is 4.83. The van der Waals surface area contributed by atoms with Gasteiger partial charge in [0.1, 0.15) is 0 Å². The molecule has 0 aromatic heterocycles. The van der Waals surface area contributed by atoms with Crippen LogP contribution in [0, 0.1) is 0 Å². The van der Waals surface area contributed by atoms with Gasteiger partial charge in [-0.2, -0.15) is 17.0 Å². The number of hydrogen-bond acceptors (Lipinski definition) is 5. The summed E-state index contributed by atoms with van der Waals surface area (Å²) >= 11 is 0. The molecule has 2 fully saturated rings. The smallest absolute Gasteiger partial charge is 0.321 e. The van der Waals surface area contributed by atoms with E-state index >= 15 is 0 Å². The van der Waals surface area contributed by atoms with Crippen molar-refractivity contribution in [3.05, 3.63) is 0 Å². The van der Waals surface area contributed by atoms with E-state index < -0.39 is 22.3 Å². The topological polar surface area (TPSA) is 102 Å². The van der Waals surface area contributed by atoms with Gasteiger partial charge in [0, 0.05) is 45.8 Å². The van der Waals surface area contributed by atoms with Crippen molar-refractivity contribution in [1.82, 2.24) is 24.1 Å². The highest BCUT2D eigenvalue weighted by Gasteiger charge is 2.34. The second-order valence-electron chi connectivity index (χ2n) is 6.78. The number of amides is 3. The Hall–Kier alpha value is -1.23. The second kappa shape index (κ2) is 9.63. The van der Waals surface area contributed by atoms with Gasteiger partial charge in [-0.25, -0.2) is 4.79 Å². The molecule has 2 heterocycles. The largest absolute Gasteiger partial charge is 0.338 e. The molecule has 1 unspecified atom stereocenters. The van der Waals surface area contributed by atoms with Crippen LogP contribution in [-0.4, -0.2) is 85.7 Å². The molecule has 150 valence electrons. The molecule has 0 aromatic rings. The Morgan fingerprint density at radius 1 is 0.923 bits per heavy atom. The number of carbonyl (C=O) groups is 2. The molecule has 1 atom stereocenters. The minimum Gasteiger partial charge on any atom is -0.338 e. The fraction of sp³-hybridized carbons (Fsp3) is 0.875. The maximum absolute atomic E-state index is 12.8. The molecular weight excluding hydrogens is 358 g/mol. The lowest BCUT2D eigenvalue weighted by Crippen LogP contribution is -2.58. The summed E-state index contributed by atoms with van der Waals surface area (Å²) < 4.78 is 28.8. The lowest BCUT2D eigenvalue weighted by Gasteiger charge is -2.38. The summed E-state index contributed by atoms with van der Waals surface area (Å²) in [7, 11) is -3.43. The summed E-state index contributed by atoms with van der Waals surface area (Å²) in [6.45, 7) is 6.79. The number of nitrogens with zero attached hydrogens (tertiary/aromatic N) is 3. The lowest BCUT2D eigenvalue weighted by molar-refractivity contribution is -0.125. The Balaban J connectivity index is 1.87. The van der Waals surface area contributed by atoms with Crippen molar-refractivity contribution in [2.24, 2.45) is 0 Å². The van der Waals surface area contributed by atoms with Gasteiger partial charge in [-0.3, -0.25) is 15.0 Å². The number of urea groups is 1. The van der Waals surface area contributed by atoms with Gasteiger partial charge in [-0.1, -0.05) is 12.8 Å². The minimum atomic E-state index is -3.43. The summed E-state index contributed by atoms with van der Waals surface area (Å²) in [5.41, 5.74) is 0. The summed E-state index contributed by atoms with van der Waals surface area (Å²) in [5.74, 6) is -0.375. The zero-order valence-electron chi connectivity index (χ0n) is 15.7. The van der Waals surface area contributed by atoms with Gasteiger partial charge in [0.05, 0.1) is 6.04 Å². The van der Waals surface area contributed by atoms with Crippen LogP contribution in [-0.2, 0) is 15.0 Å². The third-order valence-electron chi connectivity index (χ3n) is 4.99. The Bertz CT molecular complexity index is 581. The molecule has 9 nitrogen and oxygen atoms in total. The molecular formula is C16H31N5O4S. The summed E-state index contributed by atoms with van der Waals surface area (Å²) in [4.78, 5) is 25.5. The monoisotopic (exact) mass is 389 g/mol. The fourth-order valence-electron chi connectivity index (χ4n) is 3.34. The van der Waals surface area contributed by atoms with Gasteiger partial charge in [0.2, 0.25) is 5.91 Å². The standard InChI is InChI=1S/C16H31N5O4S/c1-3-17-16(23)18-15(22)14(2)19-10-12-21(13-11-19)26(24,25)20-8-6-4-5-7-9-20/h14H,3-13H2,1-2H3,(H2,17,18,22,23). The van der Waals surface area contributed by atoms with E-state index in [1.807, 2.05) is 4.90 Å². The van der Waals surface area contributed by atoms with Crippen molar-refractivity contribution in [3.63, 3.8) is 0 Å². The number of rotatable bonds is 5. The fourth-order valence-corrected chi connectivity index (χ4v) is 5.02. The van der Waals surface area contributed by atoms with Gasteiger partial charge >= 0.3 is 6.03 Å². The van der Waals surface area contributed by atoms with E-state index in [2.05, 4.69) is 10.6 Å². The number of carbonyl (C=O) groups excluding carboxylic acids is 2. The van der Waals surface area contributed by atoms with E-state index in [1.165, 1.54) is 4.31 Å². The predicted octanol–water partition coefficient (Wildman–Crippen LogP) is -0.0410. The average molecular weight is 390 g/mol. The Morgan fingerprint density at radius 2 is 1.46 bits per heavy atom. The van der Waals surface area contributed by atoms with Gasteiger partial charge in [-0.05, 0) is 26.7 Å². The first kappa shape index (κ1) is 21.1. The quantitative estimate of drug-likeness (QED) is 0.687. The van der Waals surface area contributed by atoms with Crippen LogP contribution in [0.3, 0.4) is 0 Å². The molecule has 0 aliphatic carbocycles. The van der Waals surface area contributed by atoms with Crippen LogP contribution in [0.4, 0.5) is 4.79 Å². The van der Waals surface area contributed by atoms with Crippen molar-refractivity contribution < 1.29 is 18.0 Å². The molecule has 2 aliphatic rings. The molecule has 10 heteroatoms. The number of imide groups is 1. The van der Waals surface area contributed by atoms with Crippen molar-refractivity contribution in [2.45, 2.75) is 45.6 Å². The highest BCUT2D eigenvalue weighted by atomic mass is 32.2. The van der Waals surface area contributed by atoms with E-state index in [0.29, 0.717) is 45.8 Å². The van der Waals surface area contributed by atoms with Crippen molar-refractivity contribution >= 4 is 22.1 Å². The average Bonchev–Trinajstić information content (AvgIpc) is 2.91. The maximum atomic E-state index is 12.8. The highest BCUT2D eigenvalue weighted by Crippen LogP contribution is 2.18. The highest BCUT2D eigenvalue weighted by molar-refractivity contribution is 7.86. The van der Waals surface area contributed by atoms with Gasteiger partial charge in [-0.15, -0.1) is 0 Å². The molecule has 0 spiro atoms. The van der Waals surface area contributed by atoms with E-state index in [1.54, 1.807) is 18.2 Å². The third kappa shape index (κ3) is 5.38. The van der Waals surface area contributed by atoms with E-state index in [4.69, 9.17) is 0 Å². The van der Waals surface area contributed by atoms with Crippen molar-refractivity contribution in [1.29, 1.82) is 0 Å². The van der Waals surface area contributed by atoms with Crippen LogP contribution in [0.1, 0.15) is 39.5 Å². The van der Waals surface area contributed by atoms with Crippen molar-refractivity contribution in [2.75, 3.05) is 45.8 Å². The minimum absolute atomic E-state index is 0.359. The molecule has 0 saturated carbocycles. The molecule has 2 rings (SSSR count). The molecule has 0 aromatic carbocycles. The van der Waals surface area contributed by atoms with Crippen LogP contribution < -0.4 is 10.6 Å². The van der Waals surface area contributed by atoms with E-state index in [-0.39, 0.29) is 5.91 Å². The summed E-state index contributed by atoms with van der Waals surface area (Å²) in [6, 6.07) is -0.993.